The number of rotatable bonds is 6. The van der Waals surface area contributed by atoms with Crippen molar-refractivity contribution >= 4 is 16.9 Å². The average molecular weight is 333 g/mol. The van der Waals surface area contributed by atoms with Crippen molar-refractivity contribution in [2.24, 2.45) is 5.92 Å². The molecule has 2 bridgehead atoms. The molecule has 0 unspecified atom stereocenters. The van der Waals surface area contributed by atoms with Crippen LogP contribution in [0.25, 0.3) is 10.9 Å². The second-order valence-corrected chi connectivity index (χ2v) is 7.09. The predicted molar refractivity (Wildman–Crippen MR) is 91.8 cm³/mol. The standard InChI is InChI=1S/C19H25N3O2.Li/c23-19(24)16-4-1-3-15-7-12-22(18(15)16)9-2-8-20-17-13-21-10-5-14(17)6-11-21;/h1,3-4,7,12,14,17,20H,2,5-6,8-11,13H2,(H,23,24);/q;+1/p-1/t17-;/m1./s1. The van der Waals surface area contributed by atoms with Gasteiger partial charge in [-0.25, -0.2) is 0 Å². The van der Waals surface area contributed by atoms with Crippen molar-refractivity contribution in [1.82, 2.24) is 14.8 Å². The van der Waals surface area contributed by atoms with Crippen LogP contribution in [0.5, 0.6) is 0 Å². The van der Waals surface area contributed by atoms with Gasteiger partial charge < -0.3 is 24.7 Å². The Hall–Kier alpha value is -1.25. The molecule has 4 heterocycles. The van der Waals surface area contributed by atoms with Gasteiger partial charge in [0.15, 0.2) is 0 Å². The number of hydrogen-bond donors (Lipinski definition) is 1. The van der Waals surface area contributed by atoms with Crippen LogP contribution >= 0.6 is 0 Å². The third kappa shape index (κ3) is 3.80. The van der Waals surface area contributed by atoms with Gasteiger partial charge in [-0.1, -0.05) is 18.2 Å². The van der Waals surface area contributed by atoms with Crippen LogP contribution in [0.15, 0.2) is 30.5 Å². The fourth-order valence-electron chi connectivity index (χ4n) is 4.35. The first-order valence-corrected chi connectivity index (χ1v) is 8.97. The van der Waals surface area contributed by atoms with Gasteiger partial charge in [0.1, 0.15) is 0 Å². The van der Waals surface area contributed by atoms with Crippen LogP contribution in [0.2, 0.25) is 0 Å². The molecular formula is C19H24LiN3O2. The first-order chi connectivity index (χ1) is 11.7. The summed E-state index contributed by atoms with van der Waals surface area (Å²) in [5.74, 6) is -0.266. The molecule has 0 amide bonds. The molecule has 2 aromatic rings. The number of aromatic nitrogens is 1. The van der Waals surface area contributed by atoms with Crippen LogP contribution in [-0.4, -0.2) is 47.7 Å². The second kappa shape index (κ2) is 7.97. The van der Waals surface area contributed by atoms with Crippen LogP contribution in [0.3, 0.4) is 0 Å². The first kappa shape index (κ1) is 18.5. The maximum absolute atomic E-state index is 11.3. The Morgan fingerprint density at radius 3 is 2.72 bits per heavy atom. The molecular weight excluding hydrogens is 309 g/mol. The molecule has 128 valence electrons. The molecule has 3 fully saturated rings. The van der Waals surface area contributed by atoms with Crippen molar-refractivity contribution < 1.29 is 28.8 Å². The summed E-state index contributed by atoms with van der Waals surface area (Å²) in [7, 11) is 0. The average Bonchev–Trinajstić information content (AvgIpc) is 3.03. The summed E-state index contributed by atoms with van der Waals surface area (Å²) in [4.78, 5) is 13.9. The SMILES string of the molecule is O=C([O-])c1cccc2ccn(CCCN[C@@H]3CN4CCC3CC4)c12.[Li+]. The van der Waals surface area contributed by atoms with E-state index in [9.17, 15) is 9.90 Å². The monoisotopic (exact) mass is 333 g/mol. The van der Waals surface area contributed by atoms with E-state index in [0.717, 1.165) is 36.3 Å². The van der Waals surface area contributed by atoms with Gasteiger partial charge in [0.05, 0.1) is 11.5 Å². The Bertz CT molecular complexity index is 737. The summed E-state index contributed by atoms with van der Waals surface area (Å²) in [6, 6.07) is 7.95. The molecule has 0 radical (unpaired) electrons. The van der Waals surface area contributed by atoms with Crippen molar-refractivity contribution in [2.45, 2.75) is 31.8 Å². The maximum Gasteiger partial charge on any atom is 1.00 e. The molecule has 3 saturated heterocycles. The Labute approximate surface area is 160 Å². The van der Waals surface area contributed by atoms with Gasteiger partial charge in [-0.15, -0.1) is 0 Å². The van der Waals surface area contributed by atoms with Crippen LogP contribution in [0.4, 0.5) is 0 Å². The Morgan fingerprint density at radius 2 is 2.04 bits per heavy atom. The topological polar surface area (TPSA) is 60.3 Å². The summed E-state index contributed by atoms with van der Waals surface area (Å²) < 4.78 is 2.04. The van der Waals surface area contributed by atoms with Gasteiger partial charge in [-0.3, -0.25) is 0 Å². The molecule has 1 atom stereocenters. The smallest absolute Gasteiger partial charge is 0.545 e. The van der Waals surface area contributed by atoms with Crippen molar-refractivity contribution in [3.05, 3.63) is 36.0 Å². The van der Waals surface area contributed by atoms with E-state index >= 15 is 0 Å². The number of fused-ring (bicyclic) bond motifs is 4. The molecule has 1 N–H and O–H groups in total. The molecule has 0 saturated carbocycles. The van der Waals surface area contributed by atoms with Crippen molar-refractivity contribution in [3.8, 4) is 0 Å². The number of piperidine rings is 3. The number of aromatic carboxylic acids is 1. The van der Waals surface area contributed by atoms with Gasteiger partial charge in [-0.2, -0.15) is 0 Å². The van der Waals surface area contributed by atoms with E-state index in [0.29, 0.717) is 6.04 Å². The van der Waals surface area contributed by atoms with Crippen LogP contribution in [-0.2, 0) is 6.54 Å². The molecule has 5 nitrogen and oxygen atoms in total. The predicted octanol–water partition coefficient (Wildman–Crippen LogP) is -1.92. The number of carbonyl (C=O) groups excluding carboxylic acids is 1. The third-order valence-corrected chi connectivity index (χ3v) is 5.65. The molecule has 3 aliphatic rings. The number of benzene rings is 1. The van der Waals surface area contributed by atoms with E-state index in [1.165, 1.54) is 32.5 Å². The Morgan fingerprint density at radius 1 is 1.24 bits per heavy atom. The minimum atomic E-state index is -1.11. The van der Waals surface area contributed by atoms with Gasteiger partial charge in [0, 0.05) is 36.3 Å². The molecule has 25 heavy (non-hydrogen) atoms. The fraction of sp³-hybridized carbons (Fsp3) is 0.526. The zero-order valence-corrected chi connectivity index (χ0v) is 14.9. The number of para-hydroxylation sites is 1. The van der Waals surface area contributed by atoms with Crippen molar-refractivity contribution in [1.29, 1.82) is 0 Å². The van der Waals surface area contributed by atoms with E-state index in [1.807, 2.05) is 22.9 Å². The normalized spacial score (nSPS) is 25.0. The molecule has 5 rings (SSSR count). The minimum Gasteiger partial charge on any atom is -0.545 e. The number of carboxylic acids is 1. The summed E-state index contributed by atoms with van der Waals surface area (Å²) in [6.45, 7) is 5.52. The Kier molecular flexibility index (Phi) is 5.91. The first-order valence-electron chi connectivity index (χ1n) is 8.97. The number of carboxylic acid groups (broad SMARTS) is 1. The molecule has 1 aromatic carbocycles. The number of nitrogens with one attached hydrogen (secondary N) is 1. The van der Waals surface area contributed by atoms with Crippen LogP contribution in [0, 0.1) is 5.92 Å². The Balaban J connectivity index is 0.00000182. The second-order valence-electron chi connectivity index (χ2n) is 7.09. The van der Waals surface area contributed by atoms with Crippen molar-refractivity contribution in [2.75, 3.05) is 26.2 Å². The van der Waals surface area contributed by atoms with Crippen LogP contribution in [0.1, 0.15) is 29.6 Å². The molecule has 0 spiro atoms. The number of nitrogens with zero attached hydrogens (tertiary/aromatic N) is 2. The quantitative estimate of drug-likeness (QED) is 0.495. The van der Waals surface area contributed by atoms with Gasteiger partial charge >= 0.3 is 18.9 Å². The number of aryl methyl sites for hydroxylation is 1. The summed E-state index contributed by atoms with van der Waals surface area (Å²) in [6.07, 6.45) is 5.63. The zero-order chi connectivity index (χ0) is 16.5. The van der Waals surface area contributed by atoms with E-state index in [2.05, 4.69) is 10.2 Å². The van der Waals surface area contributed by atoms with Crippen molar-refractivity contribution in [3.63, 3.8) is 0 Å². The van der Waals surface area contributed by atoms with E-state index in [1.54, 1.807) is 12.1 Å². The van der Waals surface area contributed by atoms with Gasteiger partial charge in [-0.05, 0) is 50.9 Å². The molecule has 6 heteroatoms. The number of hydrogen-bond acceptors (Lipinski definition) is 4. The minimum absolute atomic E-state index is 0. The molecule has 0 aliphatic carbocycles. The molecule has 1 aromatic heterocycles. The van der Waals surface area contributed by atoms with E-state index < -0.39 is 5.97 Å². The van der Waals surface area contributed by atoms with Crippen LogP contribution < -0.4 is 29.3 Å². The summed E-state index contributed by atoms with van der Waals surface area (Å²) in [5, 5.41) is 16.0. The van der Waals surface area contributed by atoms with E-state index in [-0.39, 0.29) is 24.4 Å². The maximum atomic E-state index is 11.3. The largest absolute Gasteiger partial charge is 1.00 e. The summed E-state index contributed by atoms with van der Waals surface area (Å²) in [5.41, 5.74) is 1.06. The molecule has 3 aliphatic heterocycles. The van der Waals surface area contributed by atoms with E-state index in [4.69, 9.17) is 0 Å². The zero-order valence-electron chi connectivity index (χ0n) is 14.9. The van der Waals surface area contributed by atoms with Gasteiger partial charge in [0.2, 0.25) is 0 Å². The number of carbonyl (C=O) groups is 1. The fourth-order valence-corrected chi connectivity index (χ4v) is 4.35. The third-order valence-electron chi connectivity index (χ3n) is 5.65. The summed E-state index contributed by atoms with van der Waals surface area (Å²) >= 11 is 0. The van der Waals surface area contributed by atoms with Gasteiger partial charge in [0.25, 0.3) is 0 Å².